The van der Waals surface area contributed by atoms with Crippen LogP contribution < -0.4 is 0 Å². The molecule has 2 heterocycles. The van der Waals surface area contributed by atoms with Gasteiger partial charge in [0, 0.05) is 27.5 Å². The second-order valence-corrected chi connectivity index (χ2v) is 8.58. The lowest BCUT2D eigenvalue weighted by atomic mass is 10.0. The van der Waals surface area contributed by atoms with Gasteiger partial charge in [-0.1, -0.05) is 97.6 Å². The van der Waals surface area contributed by atoms with E-state index in [2.05, 4.69) is 48.0 Å². The number of hydrogen-bond acceptors (Lipinski definition) is 4. The summed E-state index contributed by atoms with van der Waals surface area (Å²) in [5, 5.41) is 2.26. The molecule has 4 heteroatoms. The normalized spacial score (nSPS) is 11.5. The van der Waals surface area contributed by atoms with Gasteiger partial charge in [-0.25, -0.2) is 15.0 Å². The van der Waals surface area contributed by atoms with Crippen molar-refractivity contribution < 1.29 is 4.42 Å². The summed E-state index contributed by atoms with van der Waals surface area (Å²) in [6.07, 6.45) is 3.84. The van der Waals surface area contributed by atoms with Crippen LogP contribution in [0, 0.1) is 0 Å². The molecule has 0 N–H and O–H groups in total. The lowest BCUT2D eigenvalue weighted by molar-refractivity contribution is 0.669. The standard InChI is InChI=1S/C32H23N3O/c1-3-9-21(2)30-33-31(23-10-5-4-6-11-23)35-32(34-30)24-16-14-22(15-17-24)25-18-19-27-26-12-7-8-13-28(26)36-29(27)20-25/h3-20H,2H2,1H3. The van der Waals surface area contributed by atoms with Crippen LogP contribution in [-0.2, 0) is 0 Å². The Bertz CT molecular complexity index is 1750. The fraction of sp³-hybridized carbons (Fsp3) is 0.0312. The zero-order chi connectivity index (χ0) is 24.5. The van der Waals surface area contributed by atoms with E-state index in [0.29, 0.717) is 17.5 Å². The van der Waals surface area contributed by atoms with Gasteiger partial charge in [0.25, 0.3) is 0 Å². The van der Waals surface area contributed by atoms with E-state index in [0.717, 1.165) is 49.8 Å². The molecule has 0 saturated carbocycles. The van der Waals surface area contributed by atoms with Gasteiger partial charge >= 0.3 is 0 Å². The van der Waals surface area contributed by atoms with Gasteiger partial charge in [-0.2, -0.15) is 0 Å². The van der Waals surface area contributed by atoms with Gasteiger partial charge in [0.15, 0.2) is 17.5 Å². The van der Waals surface area contributed by atoms with Crippen molar-refractivity contribution in [3.63, 3.8) is 0 Å². The Balaban J connectivity index is 1.39. The van der Waals surface area contributed by atoms with Gasteiger partial charge in [0.1, 0.15) is 11.2 Å². The van der Waals surface area contributed by atoms with Crippen LogP contribution in [0.1, 0.15) is 12.7 Å². The summed E-state index contributed by atoms with van der Waals surface area (Å²) in [6.45, 7) is 6.08. The van der Waals surface area contributed by atoms with Crippen molar-refractivity contribution in [2.75, 3.05) is 0 Å². The fourth-order valence-corrected chi connectivity index (χ4v) is 4.36. The van der Waals surface area contributed by atoms with Gasteiger partial charge in [0.05, 0.1) is 0 Å². The third-order valence-electron chi connectivity index (χ3n) is 6.18. The molecular formula is C32H23N3O. The van der Waals surface area contributed by atoms with Gasteiger partial charge in [0.2, 0.25) is 0 Å². The molecule has 2 aromatic heterocycles. The molecule has 0 aliphatic heterocycles. The smallest absolute Gasteiger partial charge is 0.164 e. The highest BCUT2D eigenvalue weighted by molar-refractivity contribution is 6.05. The van der Waals surface area contributed by atoms with Gasteiger partial charge in [-0.15, -0.1) is 0 Å². The van der Waals surface area contributed by atoms with Crippen LogP contribution >= 0.6 is 0 Å². The molecule has 0 unspecified atom stereocenters. The minimum absolute atomic E-state index is 0.566. The second-order valence-electron chi connectivity index (χ2n) is 8.58. The van der Waals surface area contributed by atoms with E-state index in [4.69, 9.17) is 14.4 Å². The topological polar surface area (TPSA) is 51.8 Å². The molecule has 4 aromatic carbocycles. The van der Waals surface area contributed by atoms with Crippen LogP contribution in [0.5, 0.6) is 0 Å². The molecule has 0 amide bonds. The van der Waals surface area contributed by atoms with Crippen molar-refractivity contribution in [3.05, 3.63) is 122 Å². The van der Waals surface area contributed by atoms with Crippen LogP contribution in [0.4, 0.5) is 0 Å². The van der Waals surface area contributed by atoms with E-state index in [1.165, 1.54) is 0 Å². The minimum atomic E-state index is 0.566. The first-order valence-corrected chi connectivity index (χ1v) is 11.9. The zero-order valence-corrected chi connectivity index (χ0v) is 19.8. The average Bonchev–Trinajstić information content (AvgIpc) is 3.31. The fourth-order valence-electron chi connectivity index (χ4n) is 4.36. The molecule has 0 fully saturated rings. The monoisotopic (exact) mass is 465 g/mol. The zero-order valence-electron chi connectivity index (χ0n) is 19.8. The minimum Gasteiger partial charge on any atom is -0.456 e. The number of allylic oxidation sites excluding steroid dienone is 3. The summed E-state index contributed by atoms with van der Waals surface area (Å²) in [6, 6.07) is 32.7. The van der Waals surface area contributed by atoms with Crippen molar-refractivity contribution in [3.8, 4) is 33.9 Å². The molecule has 0 aliphatic rings. The Hall–Kier alpha value is -4.83. The largest absolute Gasteiger partial charge is 0.456 e. The number of hydrogen-bond donors (Lipinski definition) is 0. The molecule has 36 heavy (non-hydrogen) atoms. The average molecular weight is 466 g/mol. The van der Waals surface area contributed by atoms with E-state index >= 15 is 0 Å². The van der Waals surface area contributed by atoms with Gasteiger partial charge < -0.3 is 4.42 Å². The summed E-state index contributed by atoms with van der Waals surface area (Å²) in [7, 11) is 0. The van der Waals surface area contributed by atoms with Crippen LogP contribution in [0.15, 0.2) is 120 Å². The second kappa shape index (κ2) is 9.08. The number of benzene rings is 4. The van der Waals surface area contributed by atoms with E-state index in [9.17, 15) is 0 Å². The third kappa shape index (κ3) is 3.99. The molecule has 0 aliphatic carbocycles. The van der Waals surface area contributed by atoms with E-state index < -0.39 is 0 Å². The molecule has 0 saturated heterocycles. The Labute approximate surface area is 209 Å². The van der Waals surface area contributed by atoms with Crippen LogP contribution in [0.25, 0.3) is 61.4 Å². The Morgan fingerprint density at radius 1 is 0.639 bits per heavy atom. The quantitative estimate of drug-likeness (QED) is 0.240. The predicted octanol–water partition coefficient (Wildman–Crippen LogP) is 8.36. The van der Waals surface area contributed by atoms with E-state index in [1.807, 2.05) is 79.7 Å². The molecule has 6 rings (SSSR count). The number of rotatable bonds is 5. The highest BCUT2D eigenvalue weighted by Crippen LogP contribution is 2.33. The summed E-state index contributed by atoms with van der Waals surface area (Å²) in [5.74, 6) is 1.81. The maximum Gasteiger partial charge on any atom is 0.164 e. The van der Waals surface area contributed by atoms with Crippen LogP contribution in [-0.4, -0.2) is 15.0 Å². The highest BCUT2D eigenvalue weighted by atomic mass is 16.3. The number of para-hydroxylation sites is 1. The molecule has 6 aromatic rings. The maximum absolute atomic E-state index is 6.08. The SMILES string of the molecule is C=C(C=CC)c1nc(-c2ccccc2)nc(-c2ccc(-c3ccc4c(c3)oc3ccccc34)cc2)n1. The summed E-state index contributed by atoms with van der Waals surface area (Å²) >= 11 is 0. The molecule has 172 valence electrons. The Morgan fingerprint density at radius 2 is 1.25 bits per heavy atom. The van der Waals surface area contributed by atoms with Crippen molar-refractivity contribution in [1.82, 2.24) is 15.0 Å². The van der Waals surface area contributed by atoms with Gasteiger partial charge in [-0.05, 0) is 36.2 Å². The maximum atomic E-state index is 6.08. The first-order chi connectivity index (χ1) is 17.7. The van der Waals surface area contributed by atoms with Crippen molar-refractivity contribution in [1.29, 1.82) is 0 Å². The van der Waals surface area contributed by atoms with E-state index in [-0.39, 0.29) is 0 Å². The summed E-state index contributed by atoms with van der Waals surface area (Å²) in [5.41, 5.74) is 6.57. The molecule has 4 nitrogen and oxygen atoms in total. The van der Waals surface area contributed by atoms with Crippen molar-refractivity contribution >= 4 is 27.5 Å². The van der Waals surface area contributed by atoms with Gasteiger partial charge in [-0.3, -0.25) is 0 Å². The molecule has 0 spiro atoms. The molecule has 0 radical (unpaired) electrons. The van der Waals surface area contributed by atoms with Crippen molar-refractivity contribution in [2.45, 2.75) is 6.92 Å². The first-order valence-electron chi connectivity index (χ1n) is 11.9. The lowest BCUT2D eigenvalue weighted by Crippen LogP contribution is -2.01. The number of aromatic nitrogens is 3. The van der Waals surface area contributed by atoms with Crippen molar-refractivity contribution in [2.24, 2.45) is 0 Å². The first kappa shape index (κ1) is 21.7. The third-order valence-corrected chi connectivity index (χ3v) is 6.18. The van der Waals surface area contributed by atoms with Crippen LogP contribution in [0.3, 0.4) is 0 Å². The summed E-state index contributed by atoms with van der Waals surface area (Å²) < 4.78 is 6.08. The number of fused-ring (bicyclic) bond motifs is 3. The number of furan rings is 1. The Morgan fingerprint density at radius 3 is 2.00 bits per heavy atom. The number of nitrogens with zero attached hydrogens (tertiary/aromatic N) is 3. The molecule has 0 bridgehead atoms. The lowest BCUT2D eigenvalue weighted by Gasteiger charge is -2.09. The van der Waals surface area contributed by atoms with Crippen LogP contribution in [0.2, 0.25) is 0 Å². The van der Waals surface area contributed by atoms with E-state index in [1.54, 1.807) is 0 Å². The molecule has 0 atom stereocenters. The Kier molecular flexibility index (Phi) is 5.47. The predicted molar refractivity (Wildman–Crippen MR) is 147 cm³/mol. The molecular weight excluding hydrogens is 442 g/mol. The summed E-state index contributed by atoms with van der Waals surface area (Å²) in [4.78, 5) is 14.2. The highest BCUT2D eigenvalue weighted by Gasteiger charge is 2.13.